The van der Waals surface area contributed by atoms with Crippen molar-refractivity contribution in [3.8, 4) is 0 Å². The molecule has 1 atom stereocenters. The summed E-state index contributed by atoms with van der Waals surface area (Å²) in [6, 6.07) is 15.8. The molecule has 1 amide bonds. The van der Waals surface area contributed by atoms with E-state index in [0.717, 1.165) is 16.8 Å². The fourth-order valence-electron chi connectivity index (χ4n) is 4.29. The van der Waals surface area contributed by atoms with Gasteiger partial charge in [0.05, 0.1) is 17.1 Å². The number of rotatable bonds is 3. The van der Waals surface area contributed by atoms with Crippen molar-refractivity contribution >= 4 is 38.4 Å². The minimum Gasteiger partial charge on any atom is -0.358 e. The zero-order chi connectivity index (χ0) is 20.0. The first kappa shape index (κ1) is 18.8. The topological polar surface area (TPSA) is 70.2 Å². The number of para-hydroxylation sites is 1. The van der Waals surface area contributed by atoms with E-state index in [2.05, 4.69) is 17.1 Å². The molecule has 7 heteroatoms. The minimum absolute atomic E-state index is 0.0184. The molecule has 150 valence electrons. The smallest absolute Gasteiger partial charge is 0.255 e. The fraction of sp³-hybridized carbons (Fsp3) is 0.318. The Morgan fingerprint density at radius 2 is 1.90 bits per heavy atom. The summed E-state index contributed by atoms with van der Waals surface area (Å²) >= 11 is 1.53. The number of fused-ring (bicyclic) bond motifs is 3. The third-order valence-corrected chi connectivity index (χ3v) is 9.10. The van der Waals surface area contributed by atoms with Crippen LogP contribution in [0.5, 0.6) is 0 Å². The fourth-order valence-corrected chi connectivity index (χ4v) is 7.91. The van der Waals surface area contributed by atoms with Crippen LogP contribution in [0, 0.1) is 0 Å². The number of amides is 1. The molecule has 0 radical (unpaired) electrons. The van der Waals surface area contributed by atoms with Gasteiger partial charge in [-0.05, 0) is 24.6 Å². The maximum Gasteiger partial charge on any atom is 0.255 e. The van der Waals surface area contributed by atoms with E-state index in [-0.39, 0.29) is 22.7 Å². The lowest BCUT2D eigenvalue weighted by Crippen LogP contribution is -2.36. The zero-order valence-electron chi connectivity index (χ0n) is 15.9. The number of sulfone groups is 1. The highest BCUT2D eigenvalue weighted by Crippen LogP contribution is 2.34. The maximum atomic E-state index is 13.4. The molecule has 5 rings (SSSR count). The van der Waals surface area contributed by atoms with Crippen molar-refractivity contribution in [2.75, 3.05) is 18.1 Å². The van der Waals surface area contributed by atoms with Crippen LogP contribution in [-0.4, -0.2) is 47.5 Å². The average Bonchev–Trinajstić information content (AvgIpc) is 3.26. The lowest BCUT2D eigenvalue weighted by Gasteiger charge is -2.28. The van der Waals surface area contributed by atoms with Crippen LogP contribution in [0.25, 0.3) is 10.9 Å². The van der Waals surface area contributed by atoms with Crippen LogP contribution in [-0.2, 0) is 22.8 Å². The number of carbonyl (C=O) groups excluding carboxylic acids is 1. The molecule has 0 spiro atoms. The predicted octanol–water partition coefficient (Wildman–Crippen LogP) is 3.65. The summed E-state index contributed by atoms with van der Waals surface area (Å²) < 4.78 is 23.6. The Balaban J connectivity index is 1.40. The summed E-state index contributed by atoms with van der Waals surface area (Å²) in [5, 5.41) is 1.20. The Bertz CT molecular complexity index is 1200. The molecule has 0 unspecified atom stereocenters. The number of aromatic nitrogens is 1. The zero-order valence-corrected chi connectivity index (χ0v) is 17.6. The van der Waals surface area contributed by atoms with Gasteiger partial charge in [-0.25, -0.2) is 8.42 Å². The summed E-state index contributed by atoms with van der Waals surface area (Å²) in [6.07, 6.45) is 1.46. The van der Waals surface area contributed by atoms with Gasteiger partial charge in [-0.15, -0.1) is 11.8 Å². The first-order chi connectivity index (χ1) is 14.0. The van der Waals surface area contributed by atoms with Crippen molar-refractivity contribution in [2.24, 2.45) is 0 Å². The highest BCUT2D eigenvalue weighted by atomic mass is 32.2. The van der Waals surface area contributed by atoms with Gasteiger partial charge in [0.15, 0.2) is 9.84 Å². The van der Waals surface area contributed by atoms with Crippen molar-refractivity contribution in [2.45, 2.75) is 29.5 Å². The number of nitrogens with zero attached hydrogens (tertiary/aromatic N) is 1. The van der Waals surface area contributed by atoms with E-state index in [9.17, 15) is 13.2 Å². The van der Waals surface area contributed by atoms with Crippen LogP contribution in [0.3, 0.4) is 0 Å². The van der Waals surface area contributed by atoms with Gasteiger partial charge in [0.25, 0.3) is 5.91 Å². The van der Waals surface area contributed by atoms with E-state index < -0.39 is 9.84 Å². The second-order valence-corrected chi connectivity index (χ2v) is 11.3. The Labute approximate surface area is 174 Å². The van der Waals surface area contributed by atoms with E-state index in [4.69, 9.17) is 0 Å². The predicted molar refractivity (Wildman–Crippen MR) is 116 cm³/mol. The van der Waals surface area contributed by atoms with Crippen molar-refractivity contribution in [1.82, 2.24) is 9.88 Å². The van der Waals surface area contributed by atoms with Gasteiger partial charge in [0.2, 0.25) is 0 Å². The molecular weight excluding hydrogens is 404 g/mol. The molecule has 2 aromatic carbocycles. The number of carbonyl (C=O) groups is 1. The van der Waals surface area contributed by atoms with Crippen LogP contribution < -0.4 is 0 Å². The molecule has 1 fully saturated rings. The minimum atomic E-state index is -2.94. The quantitative estimate of drug-likeness (QED) is 0.694. The maximum absolute atomic E-state index is 13.4. The second-order valence-electron chi connectivity index (χ2n) is 7.74. The summed E-state index contributed by atoms with van der Waals surface area (Å²) in [7, 11) is -2.94. The van der Waals surface area contributed by atoms with E-state index in [1.165, 1.54) is 28.4 Å². The molecule has 2 aliphatic rings. The number of benzene rings is 2. The second kappa shape index (κ2) is 7.22. The van der Waals surface area contributed by atoms with E-state index in [1.807, 2.05) is 41.3 Å². The normalized spacial score (nSPS) is 20.7. The lowest BCUT2D eigenvalue weighted by atomic mass is 10.0. The van der Waals surface area contributed by atoms with Crippen LogP contribution in [0.1, 0.15) is 28.0 Å². The Hall–Kier alpha value is -2.25. The molecular formula is C22H22N2O3S2. The molecule has 0 bridgehead atoms. The number of aromatic amines is 1. The number of nitrogens with one attached hydrogen (secondary N) is 1. The molecule has 1 saturated heterocycles. The average molecular weight is 427 g/mol. The number of H-pyrrole nitrogens is 1. The number of thioether (sulfide) groups is 1. The molecule has 3 heterocycles. The van der Waals surface area contributed by atoms with Crippen LogP contribution in [0.4, 0.5) is 0 Å². The number of hydrogen-bond donors (Lipinski definition) is 1. The highest BCUT2D eigenvalue weighted by molar-refractivity contribution is 8.02. The SMILES string of the molecule is O=C(c1ccccc1S[C@H]1CCS(=O)(=O)C1)N1CCc2[nH]c3ccccc3c2C1. The largest absolute Gasteiger partial charge is 0.358 e. The lowest BCUT2D eigenvalue weighted by molar-refractivity contribution is 0.0731. The van der Waals surface area contributed by atoms with Gasteiger partial charge in [0.1, 0.15) is 0 Å². The molecule has 1 aromatic heterocycles. The van der Waals surface area contributed by atoms with Gasteiger partial charge in [-0.1, -0.05) is 30.3 Å². The van der Waals surface area contributed by atoms with Crippen LogP contribution in [0.2, 0.25) is 0 Å². The summed E-state index contributed by atoms with van der Waals surface area (Å²) in [5.41, 5.74) is 4.21. The van der Waals surface area contributed by atoms with Gasteiger partial charge < -0.3 is 9.88 Å². The standard InChI is InChI=1S/C22H22N2O3S2/c25-22(17-6-2-4-8-21(17)28-15-10-12-29(26,27)14-15)24-11-9-20-18(13-24)16-5-1-3-7-19(16)23-20/h1-8,15,23H,9-14H2/t15-/m0/s1. The van der Waals surface area contributed by atoms with E-state index in [1.54, 1.807) is 0 Å². The summed E-state index contributed by atoms with van der Waals surface area (Å²) in [4.78, 5) is 19.6. The van der Waals surface area contributed by atoms with E-state index >= 15 is 0 Å². The third-order valence-electron chi connectivity index (χ3n) is 5.77. The molecule has 5 nitrogen and oxygen atoms in total. The Morgan fingerprint density at radius 3 is 2.72 bits per heavy atom. The van der Waals surface area contributed by atoms with Gasteiger partial charge >= 0.3 is 0 Å². The van der Waals surface area contributed by atoms with E-state index in [0.29, 0.717) is 25.1 Å². The third kappa shape index (κ3) is 3.57. The molecule has 3 aromatic rings. The number of hydrogen-bond acceptors (Lipinski definition) is 4. The van der Waals surface area contributed by atoms with Gasteiger partial charge in [0, 0.05) is 51.8 Å². The van der Waals surface area contributed by atoms with Gasteiger partial charge in [-0.3, -0.25) is 4.79 Å². The van der Waals surface area contributed by atoms with Gasteiger partial charge in [-0.2, -0.15) is 0 Å². The first-order valence-electron chi connectivity index (χ1n) is 9.84. The van der Waals surface area contributed by atoms with Crippen molar-refractivity contribution in [3.05, 3.63) is 65.4 Å². The summed E-state index contributed by atoms with van der Waals surface area (Å²) in [5.74, 6) is 0.462. The van der Waals surface area contributed by atoms with Crippen molar-refractivity contribution < 1.29 is 13.2 Å². The molecule has 1 N–H and O–H groups in total. The Kier molecular flexibility index (Phi) is 4.67. The summed E-state index contributed by atoms with van der Waals surface area (Å²) in [6.45, 7) is 1.27. The monoisotopic (exact) mass is 426 g/mol. The molecule has 0 aliphatic carbocycles. The highest BCUT2D eigenvalue weighted by Gasteiger charge is 2.31. The van der Waals surface area contributed by atoms with Crippen LogP contribution >= 0.6 is 11.8 Å². The molecule has 2 aliphatic heterocycles. The first-order valence-corrected chi connectivity index (χ1v) is 12.5. The van der Waals surface area contributed by atoms with Crippen molar-refractivity contribution in [1.29, 1.82) is 0 Å². The van der Waals surface area contributed by atoms with Crippen molar-refractivity contribution in [3.63, 3.8) is 0 Å². The molecule has 29 heavy (non-hydrogen) atoms. The molecule has 0 saturated carbocycles. The Morgan fingerprint density at radius 1 is 1.10 bits per heavy atom. The van der Waals surface area contributed by atoms with Crippen LogP contribution in [0.15, 0.2) is 53.4 Å².